The maximum atomic E-state index is 12.1. The molecule has 18 heavy (non-hydrogen) atoms. The lowest BCUT2D eigenvalue weighted by atomic mass is 10.1. The molecule has 1 N–H and O–H groups in total. The van der Waals surface area contributed by atoms with Gasteiger partial charge >= 0.3 is 0 Å². The van der Waals surface area contributed by atoms with Crippen LogP contribution >= 0.6 is 0 Å². The van der Waals surface area contributed by atoms with E-state index in [2.05, 4.69) is 11.9 Å². The summed E-state index contributed by atoms with van der Waals surface area (Å²) in [6, 6.07) is 9.42. The Labute approximate surface area is 106 Å². The van der Waals surface area contributed by atoms with Crippen molar-refractivity contribution in [3.63, 3.8) is 0 Å². The van der Waals surface area contributed by atoms with E-state index in [0.29, 0.717) is 19.5 Å². The van der Waals surface area contributed by atoms with E-state index in [0.717, 1.165) is 5.69 Å². The van der Waals surface area contributed by atoms with Crippen LogP contribution in [-0.4, -0.2) is 24.9 Å². The number of anilines is 1. The highest BCUT2D eigenvalue weighted by Gasteiger charge is 2.37. The van der Waals surface area contributed by atoms with Crippen LogP contribution in [0.25, 0.3) is 0 Å². The summed E-state index contributed by atoms with van der Waals surface area (Å²) in [5, 5.41) is 2.67. The van der Waals surface area contributed by atoms with Gasteiger partial charge in [-0.05, 0) is 18.6 Å². The van der Waals surface area contributed by atoms with Gasteiger partial charge in [-0.1, -0.05) is 24.3 Å². The number of para-hydroxylation sites is 1. The Morgan fingerprint density at radius 2 is 2.17 bits per heavy atom. The van der Waals surface area contributed by atoms with Gasteiger partial charge in [0.2, 0.25) is 11.8 Å². The van der Waals surface area contributed by atoms with E-state index >= 15 is 0 Å². The van der Waals surface area contributed by atoms with E-state index in [1.54, 1.807) is 11.0 Å². The fraction of sp³-hybridized carbons (Fsp3) is 0.286. The molecule has 1 saturated heterocycles. The van der Waals surface area contributed by atoms with Crippen molar-refractivity contribution < 1.29 is 9.59 Å². The van der Waals surface area contributed by atoms with Crippen LogP contribution in [0.3, 0.4) is 0 Å². The number of nitrogens with one attached hydrogen (secondary N) is 1. The molecule has 2 amide bonds. The highest BCUT2D eigenvalue weighted by atomic mass is 16.2. The number of carbonyl (C=O) groups excluding carboxylic acids is 2. The van der Waals surface area contributed by atoms with Crippen molar-refractivity contribution in [2.75, 3.05) is 18.0 Å². The lowest BCUT2D eigenvalue weighted by Crippen LogP contribution is -2.36. The summed E-state index contributed by atoms with van der Waals surface area (Å²) in [7, 11) is 0. The molecular weight excluding hydrogens is 228 g/mol. The van der Waals surface area contributed by atoms with Gasteiger partial charge in [0.25, 0.3) is 0 Å². The Morgan fingerprint density at radius 3 is 2.83 bits per heavy atom. The average molecular weight is 244 g/mol. The van der Waals surface area contributed by atoms with Gasteiger partial charge in [0.1, 0.15) is 5.92 Å². The third-order valence-electron chi connectivity index (χ3n) is 3.01. The molecule has 1 aliphatic heterocycles. The highest BCUT2D eigenvalue weighted by molar-refractivity contribution is 6.09. The first-order valence-electron chi connectivity index (χ1n) is 5.99. The van der Waals surface area contributed by atoms with Crippen LogP contribution in [0.15, 0.2) is 43.0 Å². The monoisotopic (exact) mass is 244 g/mol. The lowest BCUT2D eigenvalue weighted by Gasteiger charge is -2.16. The van der Waals surface area contributed by atoms with Crippen LogP contribution in [0.1, 0.15) is 6.42 Å². The molecule has 0 aromatic heterocycles. The molecule has 0 radical (unpaired) electrons. The van der Waals surface area contributed by atoms with Crippen LogP contribution in [0.5, 0.6) is 0 Å². The van der Waals surface area contributed by atoms with Crippen molar-refractivity contribution in [3.8, 4) is 0 Å². The molecule has 1 heterocycles. The summed E-state index contributed by atoms with van der Waals surface area (Å²) in [6.45, 7) is 4.52. The van der Waals surface area contributed by atoms with Crippen LogP contribution in [0.4, 0.5) is 5.69 Å². The van der Waals surface area contributed by atoms with Gasteiger partial charge in [0.05, 0.1) is 0 Å². The Kier molecular flexibility index (Phi) is 3.77. The molecule has 4 nitrogen and oxygen atoms in total. The predicted octanol–water partition coefficient (Wildman–Crippen LogP) is 1.34. The minimum atomic E-state index is -0.565. The Balaban J connectivity index is 2.05. The number of amides is 2. The van der Waals surface area contributed by atoms with E-state index in [1.165, 1.54) is 0 Å². The largest absolute Gasteiger partial charge is 0.352 e. The summed E-state index contributed by atoms with van der Waals surface area (Å²) in [4.78, 5) is 25.6. The topological polar surface area (TPSA) is 49.4 Å². The minimum absolute atomic E-state index is 0.122. The predicted molar refractivity (Wildman–Crippen MR) is 70.1 cm³/mol. The molecule has 1 fully saturated rings. The quantitative estimate of drug-likeness (QED) is 0.642. The number of hydrogen-bond donors (Lipinski definition) is 1. The van der Waals surface area contributed by atoms with Crippen molar-refractivity contribution in [2.24, 2.45) is 5.92 Å². The molecule has 2 rings (SSSR count). The smallest absolute Gasteiger partial charge is 0.239 e. The van der Waals surface area contributed by atoms with Gasteiger partial charge in [-0.3, -0.25) is 9.59 Å². The summed E-state index contributed by atoms with van der Waals surface area (Å²) >= 11 is 0. The average Bonchev–Trinajstić information content (AvgIpc) is 2.79. The van der Waals surface area contributed by atoms with Gasteiger partial charge < -0.3 is 10.2 Å². The Morgan fingerprint density at radius 1 is 1.44 bits per heavy atom. The maximum Gasteiger partial charge on any atom is 0.239 e. The van der Waals surface area contributed by atoms with Gasteiger partial charge in [-0.15, -0.1) is 6.58 Å². The molecule has 0 spiro atoms. The van der Waals surface area contributed by atoms with E-state index in [4.69, 9.17) is 0 Å². The van der Waals surface area contributed by atoms with Crippen molar-refractivity contribution in [3.05, 3.63) is 43.0 Å². The SMILES string of the molecule is C=CCNC(=O)C1CCN(c2ccccc2)C1=O. The molecule has 4 heteroatoms. The summed E-state index contributed by atoms with van der Waals surface area (Å²) in [6.07, 6.45) is 2.17. The normalized spacial score (nSPS) is 18.8. The van der Waals surface area contributed by atoms with Crippen LogP contribution in [0, 0.1) is 5.92 Å². The van der Waals surface area contributed by atoms with E-state index in [-0.39, 0.29) is 11.8 Å². The number of carbonyl (C=O) groups is 2. The molecule has 1 aromatic rings. The molecule has 1 atom stereocenters. The molecule has 0 saturated carbocycles. The van der Waals surface area contributed by atoms with Gasteiger partial charge in [0.15, 0.2) is 0 Å². The number of nitrogens with zero attached hydrogens (tertiary/aromatic N) is 1. The second kappa shape index (κ2) is 5.49. The summed E-state index contributed by atoms with van der Waals surface area (Å²) in [5.74, 6) is -0.897. The van der Waals surface area contributed by atoms with Gasteiger partial charge in [0, 0.05) is 18.8 Å². The minimum Gasteiger partial charge on any atom is -0.352 e. The zero-order valence-corrected chi connectivity index (χ0v) is 10.1. The third-order valence-corrected chi connectivity index (χ3v) is 3.01. The Hall–Kier alpha value is -2.10. The molecular formula is C14H16N2O2. The number of hydrogen-bond acceptors (Lipinski definition) is 2. The van der Waals surface area contributed by atoms with E-state index in [9.17, 15) is 9.59 Å². The fourth-order valence-electron chi connectivity index (χ4n) is 2.08. The number of benzene rings is 1. The lowest BCUT2D eigenvalue weighted by molar-refractivity contribution is -0.131. The van der Waals surface area contributed by atoms with Crippen molar-refractivity contribution >= 4 is 17.5 Å². The van der Waals surface area contributed by atoms with Crippen molar-refractivity contribution in [1.82, 2.24) is 5.32 Å². The second-order valence-corrected chi connectivity index (χ2v) is 4.20. The molecule has 1 aliphatic rings. The first-order chi connectivity index (χ1) is 8.74. The summed E-state index contributed by atoms with van der Waals surface area (Å²) < 4.78 is 0. The zero-order chi connectivity index (χ0) is 13.0. The van der Waals surface area contributed by atoms with Crippen LogP contribution < -0.4 is 10.2 Å². The second-order valence-electron chi connectivity index (χ2n) is 4.20. The first kappa shape index (κ1) is 12.4. The van der Waals surface area contributed by atoms with E-state index in [1.807, 2.05) is 30.3 Å². The molecule has 1 aromatic carbocycles. The first-order valence-corrected chi connectivity index (χ1v) is 5.99. The standard InChI is InChI=1S/C14H16N2O2/c1-2-9-15-13(17)12-8-10-16(14(12)18)11-6-4-3-5-7-11/h2-7,12H,1,8-10H2,(H,15,17). The number of rotatable bonds is 4. The third kappa shape index (κ3) is 2.42. The van der Waals surface area contributed by atoms with Gasteiger partial charge in [-0.25, -0.2) is 0 Å². The van der Waals surface area contributed by atoms with Crippen molar-refractivity contribution in [2.45, 2.75) is 6.42 Å². The zero-order valence-electron chi connectivity index (χ0n) is 10.1. The molecule has 0 bridgehead atoms. The van der Waals surface area contributed by atoms with Crippen molar-refractivity contribution in [1.29, 1.82) is 0 Å². The van der Waals surface area contributed by atoms with Gasteiger partial charge in [-0.2, -0.15) is 0 Å². The molecule has 0 aliphatic carbocycles. The Bertz CT molecular complexity index is 456. The van der Waals surface area contributed by atoms with Crippen LogP contribution in [0.2, 0.25) is 0 Å². The van der Waals surface area contributed by atoms with E-state index < -0.39 is 5.92 Å². The van der Waals surface area contributed by atoms with Crippen LogP contribution in [-0.2, 0) is 9.59 Å². The summed E-state index contributed by atoms with van der Waals surface area (Å²) in [5.41, 5.74) is 0.849. The maximum absolute atomic E-state index is 12.1. The molecule has 1 unspecified atom stereocenters. The highest BCUT2D eigenvalue weighted by Crippen LogP contribution is 2.24. The molecule has 94 valence electrons. The fourth-order valence-corrected chi connectivity index (χ4v) is 2.08.